The number of carbonyl (C=O) groups excluding carboxylic acids is 1. The first kappa shape index (κ1) is 17.3. The molecule has 2 atom stereocenters. The lowest BCUT2D eigenvalue weighted by atomic mass is 9.94. The van der Waals surface area contributed by atoms with Gasteiger partial charge in [0.1, 0.15) is 5.56 Å². The fourth-order valence-electron chi connectivity index (χ4n) is 2.37. The summed E-state index contributed by atoms with van der Waals surface area (Å²) in [6.07, 6.45) is 2.69. The average Bonchev–Trinajstić information content (AvgIpc) is 2.77. The first-order valence-corrected chi connectivity index (χ1v) is 9.08. The lowest BCUT2D eigenvalue weighted by Gasteiger charge is -2.22. The number of aryl methyl sites for hydroxylation is 1. The molecule has 0 aromatic carbocycles. The van der Waals surface area contributed by atoms with Gasteiger partial charge in [-0.3, -0.25) is 5.01 Å². The van der Waals surface area contributed by atoms with E-state index in [-0.39, 0.29) is 35.0 Å². The first-order valence-electron chi connectivity index (χ1n) is 7.19. The van der Waals surface area contributed by atoms with Crippen molar-refractivity contribution in [3.05, 3.63) is 17.0 Å². The monoisotopic (exact) mass is 340 g/mol. The minimum Gasteiger partial charge on any atom is -0.462 e. The molecule has 0 N–H and O–H groups in total. The Bertz CT molecular complexity index is 760. The number of esters is 1. The van der Waals surface area contributed by atoms with Gasteiger partial charge in [-0.2, -0.15) is 5.10 Å². The molecule has 0 radical (unpaired) electrons. The highest BCUT2D eigenvalue weighted by Gasteiger charge is 2.34. The lowest BCUT2D eigenvalue weighted by molar-refractivity contribution is 0.0522. The summed E-state index contributed by atoms with van der Waals surface area (Å²) in [6, 6.07) is -0.0649. The van der Waals surface area contributed by atoms with Crippen LogP contribution in [0.25, 0.3) is 0 Å². The van der Waals surface area contributed by atoms with Crippen LogP contribution in [0.15, 0.2) is 10.3 Å². The maximum atomic E-state index is 12.3. The van der Waals surface area contributed by atoms with Crippen molar-refractivity contribution in [3.8, 4) is 0 Å². The molecule has 0 saturated carbocycles. The summed E-state index contributed by atoms with van der Waals surface area (Å²) in [5.74, 6) is -0.878. The third-order valence-corrected chi connectivity index (χ3v) is 4.59. The highest BCUT2D eigenvalue weighted by molar-refractivity contribution is 7.90. The predicted octanol–water partition coefficient (Wildman–Crippen LogP) is 0.769. The third kappa shape index (κ3) is 3.34. The van der Waals surface area contributed by atoms with Gasteiger partial charge in [0.25, 0.3) is 0 Å². The molecule has 1 aliphatic rings. The summed E-state index contributed by atoms with van der Waals surface area (Å²) >= 11 is 0. The normalized spacial score (nSPS) is 20.8. The van der Waals surface area contributed by atoms with Crippen LogP contribution in [0.2, 0.25) is 0 Å². The van der Waals surface area contributed by atoms with Crippen molar-refractivity contribution >= 4 is 22.0 Å². The molecule has 0 spiro atoms. The van der Waals surface area contributed by atoms with Crippen LogP contribution in [-0.4, -0.2) is 61.5 Å². The van der Waals surface area contributed by atoms with Crippen LogP contribution in [0.3, 0.4) is 0 Å². The summed E-state index contributed by atoms with van der Waals surface area (Å²) < 4.78 is 28.7. The molecule has 2 unspecified atom stereocenters. The maximum Gasteiger partial charge on any atom is 0.341 e. The molecule has 0 amide bonds. The minimum atomic E-state index is -3.60. The largest absolute Gasteiger partial charge is 0.462 e. The lowest BCUT2D eigenvalue weighted by Crippen LogP contribution is -2.28. The zero-order chi connectivity index (χ0) is 17.4. The van der Waals surface area contributed by atoms with E-state index >= 15 is 0 Å². The van der Waals surface area contributed by atoms with Crippen LogP contribution in [0.5, 0.6) is 0 Å². The first-order chi connectivity index (χ1) is 10.7. The Balaban J connectivity index is 2.67. The summed E-state index contributed by atoms with van der Waals surface area (Å²) in [4.78, 5) is 20.4. The molecule has 1 aromatic rings. The Labute approximate surface area is 135 Å². The summed E-state index contributed by atoms with van der Waals surface area (Å²) in [6.45, 7) is 5.41. The molecule has 0 bridgehead atoms. The van der Waals surface area contributed by atoms with Gasteiger partial charge in [-0.15, -0.1) is 0 Å². The van der Waals surface area contributed by atoms with Crippen molar-refractivity contribution in [1.29, 1.82) is 0 Å². The fourth-order valence-corrected chi connectivity index (χ4v) is 2.94. The van der Waals surface area contributed by atoms with E-state index in [1.807, 2.05) is 6.92 Å². The van der Waals surface area contributed by atoms with Crippen LogP contribution >= 0.6 is 0 Å². The van der Waals surface area contributed by atoms with Crippen molar-refractivity contribution < 1.29 is 17.9 Å². The van der Waals surface area contributed by atoms with Gasteiger partial charge in [0, 0.05) is 19.5 Å². The van der Waals surface area contributed by atoms with Gasteiger partial charge >= 0.3 is 5.97 Å². The zero-order valence-electron chi connectivity index (χ0n) is 13.8. The zero-order valence-corrected chi connectivity index (χ0v) is 14.6. The molecular weight excluding hydrogens is 320 g/mol. The highest BCUT2D eigenvalue weighted by atomic mass is 32.2. The van der Waals surface area contributed by atoms with Gasteiger partial charge in [-0.05, 0) is 20.8 Å². The highest BCUT2D eigenvalue weighted by Crippen LogP contribution is 2.29. The summed E-state index contributed by atoms with van der Waals surface area (Å²) in [5, 5.41) is 5.62. The van der Waals surface area contributed by atoms with E-state index in [4.69, 9.17) is 4.74 Å². The van der Waals surface area contributed by atoms with Crippen molar-refractivity contribution in [3.63, 3.8) is 0 Å². The minimum absolute atomic E-state index is 0.0649. The maximum absolute atomic E-state index is 12.3. The standard InChI is InChI=1S/C14H20N4O4S/c1-6-22-13(19)11-8(2)16-14(23(5,20)21)17-12(11)10-7-15-18(4)9(10)3/h7,9-10H,6H2,1-5H3. The smallest absolute Gasteiger partial charge is 0.341 e. The van der Waals surface area contributed by atoms with E-state index in [0.717, 1.165) is 6.26 Å². The van der Waals surface area contributed by atoms with Crippen LogP contribution in [0, 0.1) is 6.92 Å². The van der Waals surface area contributed by atoms with Gasteiger partial charge in [-0.25, -0.2) is 23.2 Å². The molecule has 1 aromatic heterocycles. The number of likely N-dealkylation sites (N-methyl/N-ethyl adjacent to an activating group) is 1. The molecule has 0 saturated heterocycles. The number of rotatable bonds is 4. The number of ether oxygens (including phenoxy) is 1. The van der Waals surface area contributed by atoms with E-state index in [1.165, 1.54) is 0 Å². The number of sulfone groups is 1. The number of hydrogen-bond donors (Lipinski definition) is 0. The van der Waals surface area contributed by atoms with E-state index in [1.54, 1.807) is 32.1 Å². The molecule has 2 rings (SSSR count). The SMILES string of the molecule is CCOC(=O)c1c(C)nc(S(C)(=O)=O)nc1C1C=NN(C)C1C. The van der Waals surface area contributed by atoms with Crippen molar-refractivity contribution in [1.82, 2.24) is 15.0 Å². The van der Waals surface area contributed by atoms with E-state index in [9.17, 15) is 13.2 Å². The fraction of sp³-hybridized carbons (Fsp3) is 0.571. The van der Waals surface area contributed by atoms with E-state index < -0.39 is 15.8 Å². The van der Waals surface area contributed by atoms with Crippen molar-refractivity contribution in [2.75, 3.05) is 19.9 Å². The topological polar surface area (TPSA) is 102 Å². The van der Waals surface area contributed by atoms with Crippen LogP contribution in [0.1, 0.15) is 41.5 Å². The summed E-state index contributed by atoms with van der Waals surface area (Å²) in [7, 11) is -1.79. The predicted molar refractivity (Wildman–Crippen MR) is 84.3 cm³/mol. The molecule has 2 heterocycles. The van der Waals surface area contributed by atoms with E-state index in [2.05, 4.69) is 15.1 Å². The van der Waals surface area contributed by atoms with Crippen LogP contribution < -0.4 is 0 Å². The molecule has 126 valence electrons. The number of nitrogens with zero attached hydrogens (tertiary/aromatic N) is 4. The van der Waals surface area contributed by atoms with Gasteiger partial charge in [-0.1, -0.05) is 0 Å². The molecule has 9 heteroatoms. The Morgan fingerprint density at radius 3 is 2.52 bits per heavy atom. The number of hydrazone groups is 1. The molecule has 0 fully saturated rings. The molecular formula is C14H20N4O4S. The van der Waals surface area contributed by atoms with Gasteiger partial charge < -0.3 is 4.74 Å². The van der Waals surface area contributed by atoms with Crippen LogP contribution in [0.4, 0.5) is 0 Å². The average molecular weight is 340 g/mol. The Morgan fingerprint density at radius 1 is 1.39 bits per heavy atom. The quantitative estimate of drug-likeness (QED) is 0.589. The van der Waals surface area contributed by atoms with Gasteiger partial charge in [0.2, 0.25) is 15.0 Å². The second-order valence-electron chi connectivity index (χ2n) is 5.45. The van der Waals surface area contributed by atoms with Crippen molar-refractivity contribution in [2.24, 2.45) is 5.10 Å². The second kappa shape index (κ2) is 6.23. The number of carbonyl (C=O) groups is 1. The molecule has 1 aliphatic heterocycles. The second-order valence-corrected chi connectivity index (χ2v) is 7.36. The molecule has 8 nitrogen and oxygen atoms in total. The third-order valence-electron chi connectivity index (χ3n) is 3.74. The number of aromatic nitrogens is 2. The number of hydrogen-bond acceptors (Lipinski definition) is 8. The van der Waals surface area contributed by atoms with Gasteiger partial charge in [0.05, 0.1) is 30.0 Å². The van der Waals surface area contributed by atoms with Crippen molar-refractivity contribution in [2.45, 2.75) is 37.9 Å². The van der Waals surface area contributed by atoms with E-state index in [0.29, 0.717) is 5.69 Å². The Morgan fingerprint density at radius 2 is 2.04 bits per heavy atom. The van der Waals surface area contributed by atoms with Crippen LogP contribution in [-0.2, 0) is 14.6 Å². The summed E-state index contributed by atoms with van der Waals surface area (Å²) in [5.41, 5.74) is 0.818. The Kier molecular flexibility index (Phi) is 4.69. The van der Waals surface area contributed by atoms with Gasteiger partial charge in [0.15, 0.2) is 0 Å². The molecule has 0 aliphatic carbocycles. The Hall–Kier alpha value is -2.03. The molecule has 23 heavy (non-hydrogen) atoms.